The molecule has 1 unspecified atom stereocenters. The van der Waals surface area contributed by atoms with Crippen LogP contribution in [0, 0.1) is 0 Å². The molecular weight excluding hydrogens is 751 g/mol. The number of fused-ring (bicyclic) bond motifs is 9. The third-order valence-corrected chi connectivity index (χ3v) is 12.9. The van der Waals surface area contributed by atoms with Crippen LogP contribution in [0.4, 0.5) is 17.1 Å². The molecule has 1 aliphatic carbocycles. The molecule has 1 spiro atoms. The fraction of sp³-hybridized carbons (Fsp3) is 0.0339. The van der Waals surface area contributed by atoms with Gasteiger partial charge in [-0.05, 0) is 103 Å². The summed E-state index contributed by atoms with van der Waals surface area (Å²) in [7, 11) is 0. The average Bonchev–Trinajstić information content (AvgIpc) is 3.65. The van der Waals surface area contributed by atoms with Crippen molar-refractivity contribution < 1.29 is 0 Å². The number of anilines is 3. The van der Waals surface area contributed by atoms with Crippen LogP contribution < -0.4 is 10.2 Å². The normalized spacial score (nSPS) is 15.4. The maximum atomic E-state index is 5.40. The van der Waals surface area contributed by atoms with Gasteiger partial charge in [-0.2, -0.15) is 0 Å². The molecule has 0 fully saturated rings. The van der Waals surface area contributed by atoms with Crippen LogP contribution >= 0.6 is 0 Å². The number of hydrogen-bond acceptors (Lipinski definition) is 3. The van der Waals surface area contributed by atoms with E-state index in [9.17, 15) is 0 Å². The highest BCUT2D eigenvalue weighted by Gasteiger charge is 2.51. The molecule has 3 nitrogen and oxygen atoms in total. The number of rotatable bonds is 6. The molecule has 0 aromatic heterocycles. The van der Waals surface area contributed by atoms with Gasteiger partial charge in [0.1, 0.15) is 5.84 Å². The van der Waals surface area contributed by atoms with Gasteiger partial charge >= 0.3 is 0 Å². The second-order valence-corrected chi connectivity index (χ2v) is 16.3. The molecule has 0 bridgehead atoms. The van der Waals surface area contributed by atoms with Crippen LogP contribution in [-0.2, 0) is 5.41 Å². The largest absolute Gasteiger partial charge is 0.359 e. The van der Waals surface area contributed by atoms with Crippen LogP contribution in [0.25, 0.3) is 39.1 Å². The van der Waals surface area contributed by atoms with Gasteiger partial charge in [-0.1, -0.05) is 200 Å². The van der Waals surface area contributed by atoms with E-state index in [1.165, 1.54) is 61.4 Å². The van der Waals surface area contributed by atoms with Gasteiger partial charge in [-0.25, -0.2) is 4.99 Å². The fourth-order valence-electron chi connectivity index (χ4n) is 10.2. The molecule has 3 heteroatoms. The molecule has 1 atom stereocenters. The van der Waals surface area contributed by atoms with E-state index in [0.29, 0.717) is 0 Å². The van der Waals surface area contributed by atoms with E-state index in [0.717, 1.165) is 39.5 Å². The molecule has 0 radical (unpaired) electrons. The molecule has 62 heavy (non-hydrogen) atoms. The van der Waals surface area contributed by atoms with Gasteiger partial charge in [0, 0.05) is 11.3 Å². The van der Waals surface area contributed by atoms with Gasteiger partial charge in [-0.3, -0.25) is 0 Å². The van der Waals surface area contributed by atoms with Gasteiger partial charge in [0.15, 0.2) is 0 Å². The summed E-state index contributed by atoms with van der Waals surface area (Å²) in [4.78, 5) is 7.83. The number of hydrogen-bond donors (Lipinski definition) is 1. The summed E-state index contributed by atoms with van der Waals surface area (Å²) >= 11 is 0. The first-order valence-electron chi connectivity index (χ1n) is 21.4. The van der Waals surface area contributed by atoms with Crippen molar-refractivity contribution in [2.45, 2.75) is 11.5 Å². The number of para-hydroxylation sites is 3. The van der Waals surface area contributed by atoms with Crippen molar-refractivity contribution in [3.8, 4) is 33.4 Å². The van der Waals surface area contributed by atoms with E-state index < -0.39 is 5.41 Å². The molecule has 0 saturated heterocycles. The first-order valence-corrected chi connectivity index (χ1v) is 21.4. The Morgan fingerprint density at radius 2 is 0.887 bits per heavy atom. The molecule has 0 amide bonds. The van der Waals surface area contributed by atoms with Crippen molar-refractivity contribution in [2.24, 2.45) is 4.99 Å². The first-order chi connectivity index (χ1) is 30.8. The summed E-state index contributed by atoms with van der Waals surface area (Å²) in [5.41, 5.74) is 19.6. The van der Waals surface area contributed by atoms with Gasteiger partial charge in [0.05, 0.1) is 28.5 Å². The first kappa shape index (κ1) is 35.9. The van der Waals surface area contributed by atoms with Crippen LogP contribution in [0.15, 0.2) is 242 Å². The van der Waals surface area contributed by atoms with Crippen molar-refractivity contribution >= 4 is 28.6 Å². The molecule has 9 aromatic rings. The van der Waals surface area contributed by atoms with E-state index in [1.807, 2.05) is 0 Å². The molecule has 0 saturated carbocycles. The van der Waals surface area contributed by atoms with E-state index >= 15 is 0 Å². The van der Waals surface area contributed by atoms with Gasteiger partial charge in [0.2, 0.25) is 0 Å². The van der Waals surface area contributed by atoms with Crippen molar-refractivity contribution in [1.29, 1.82) is 0 Å². The summed E-state index contributed by atoms with van der Waals surface area (Å²) < 4.78 is 0. The molecular formula is C59H41N3. The summed E-state index contributed by atoms with van der Waals surface area (Å²) in [6.45, 7) is 0. The summed E-state index contributed by atoms with van der Waals surface area (Å²) in [5, 5.41) is 3.89. The van der Waals surface area contributed by atoms with Crippen LogP contribution in [0.2, 0.25) is 0 Å². The highest BCUT2D eigenvalue weighted by atomic mass is 15.2. The summed E-state index contributed by atoms with van der Waals surface area (Å²) in [5.74, 6) is 0.851. The standard InChI is InChI=1S/C59H41N3/c1-4-18-40(19-5-1)41-32-34-43(35-33-41)55-39-54(42-20-6-2-7-21-42)60-58(61-55)49-26-11-10-24-46(49)44-36-37-48-47-25-12-13-27-50(47)59(53(48)38-44)51-28-14-16-30-56(51)62(45-22-8-3-9-23-45)57-31-17-15-29-52(57)59/h1-39,55H,(H,60,61). The minimum atomic E-state index is -0.545. The molecule has 2 heterocycles. The van der Waals surface area contributed by atoms with Gasteiger partial charge in [-0.15, -0.1) is 0 Å². The minimum absolute atomic E-state index is 0.0869. The Labute approximate surface area is 362 Å². The lowest BCUT2D eigenvalue weighted by Crippen LogP contribution is -2.36. The van der Waals surface area contributed by atoms with Crippen LogP contribution in [0.1, 0.15) is 45.0 Å². The summed E-state index contributed by atoms with van der Waals surface area (Å²) in [6.07, 6.45) is 2.26. The number of benzene rings is 9. The highest BCUT2D eigenvalue weighted by molar-refractivity contribution is 6.08. The molecule has 292 valence electrons. The third kappa shape index (κ3) is 5.63. The van der Waals surface area contributed by atoms with Crippen molar-refractivity contribution in [2.75, 3.05) is 4.90 Å². The molecule has 3 aliphatic rings. The predicted molar refractivity (Wildman–Crippen MR) is 256 cm³/mol. The number of nitrogens with one attached hydrogen (secondary N) is 1. The lowest BCUT2D eigenvalue weighted by molar-refractivity contribution is 0.753. The lowest BCUT2D eigenvalue weighted by atomic mass is 9.64. The Balaban J connectivity index is 1.02. The van der Waals surface area contributed by atoms with E-state index in [2.05, 4.69) is 247 Å². The van der Waals surface area contributed by atoms with Crippen molar-refractivity contribution in [1.82, 2.24) is 5.32 Å². The predicted octanol–water partition coefficient (Wildman–Crippen LogP) is 14.3. The average molecular weight is 792 g/mol. The maximum Gasteiger partial charge on any atom is 0.135 e. The van der Waals surface area contributed by atoms with E-state index in [-0.39, 0.29) is 6.04 Å². The second-order valence-electron chi connectivity index (χ2n) is 16.3. The Bertz CT molecular complexity index is 3160. The zero-order chi connectivity index (χ0) is 41.0. The smallest absolute Gasteiger partial charge is 0.135 e. The number of nitrogens with zero attached hydrogens (tertiary/aromatic N) is 2. The third-order valence-electron chi connectivity index (χ3n) is 12.9. The summed E-state index contributed by atoms with van der Waals surface area (Å²) in [6, 6.07) is 83.6. The molecule has 2 aliphatic heterocycles. The quantitative estimate of drug-likeness (QED) is 0.182. The maximum absolute atomic E-state index is 5.40. The molecule has 12 rings (SSSR count). The zero-order valence-electron chi connectivity index (χ0n) is 34.0. The molecule has 9 aromatic carbocycles. The highest BCUT2D eigenvalue weighted by Crippen LogP contribution is 2.63. The Morgan fingerprint density at radius 3 is 1.56 bits per heavy atom. The topological polar surface area (TPSA) is 27.6 Å². The monoisotopic (exact) mass is 791 g/mol. The lowest BCUT2D eigenvalue weighted by Gasteiger charge is -2.45. The number of amidine groups is 1. The van der Waals surface area contributed by atoms with Gasteiger partial charge in [0.25, 0.3) is 0 Å². The van der Waals surface area contributed by atoms with Crippen LogP contribution in [-0.4, -0.2) is 5.84 Å². The van der Waals surface area contributed by atoms with Crippen molar-refractivity contribution in [3.05, 3.63) is 276 Å². The molecule has 1 N–H and O–H groups in total. The fourth-order valence-corrected chi connectivity index (χ4v) is 10.2. The van der Waals surface area contributed by atoms with Crippen molar-refractivity contribution in [3.63, 3.8) is 0 Å². The SMILES string of the molecule is C1=C(c2ccccc2)N=C(c2ccccc2-c2ccc3c(c2)C2(c4ccccc4-3)c3ccccc3N(c3ccccc3)c3ccccc32)NC1c1ccc(-c2ccccc2)cc1. The zero-order valence-corrected chi connectivity index (χ0v) is 34.0. The Hall–Kier alpha value is -8.01. The van der Waals surface area contributed by atoms with E-state index in [4.69, 9.17) is 4.99 Å². The minimum Gasteiger partial charge on any atom is -0.359 e. The van der Waals surface area contributed by atoms with Crippen LogP contribution in [0.5, 0.6) is 0 Å². The number of aliphatic imine (C=N–C) groups is 1. The van der Waals surface area contributed by atoms with Crippen LogP contribution in [0.3, 0.4) is 0 Å². The second kappa shape index (κ2) is 14.6. The Morgan fingerprint density at radius 1 is 0.387 bits per heavy atom. The van der Waals surface area contributed by atoms with E-state index in [1.54, 1.807) is 0 Å². The Kier molecular flexibility index (Phi) is 8.46. The van der Waals surface area contributed by atoms with Gasteiger partial charge < -0.3 is 10.2 Å².